The van der Waals surface area contributed by atoms with Crippen molar-refractivity contribution in [3.63, 3.8) is 0 Å². The van der Waals surface area contributed by atoms with E-state index >= 15 is 0 Å². The molecule has 174 valence electrons. The van der Waals surface area contributed by atoms with E-state index in [1.54, 1.807) is 28.0 Å². The Balaban J connectivity index is 1.42. The number of halogens is 1. The SMILES string of the molecule is CN(C(=O)C1CCN(C(=O)/C=C/c2ccccc2)CC1)C(c1ccccc1)c1ccc(F)cc1. The van der Waals surface area contributed by atoms with Crippen LogP contribution in [0.5, 0.6) is 0 Å². The van der Waals surface area contributed by atoms with Gasteiger partial charge in [0.1, 0.15) is 5.82 Å². The molecule has 0 spiro atoms. The van der Waals surface area contributed by atoms with Crippen molar-refractivity contribution in [1.82, 2.24) is 9.80 Å². The van der Waals surface area contributed by atoms with E-state index in [2.05, 4.69) is 0 Å². The van der Waals surface area contributed by atoms with E-state index < -0.39 is 0 Å². The average Bonchev–Trinajstić information content (AvgIpc) is 2.89. The summed E-state index contributed by atoms with van der Waals surface area (Å²) < 4.78 is 13.5. The molecule has 0 saturated carbocycles. The van der Waals surface area contributed by atoms with Crippen molar-refractivity contribution in [2.75, 3.05) is 20.1 Å². The maximum absolute atomic E-state index is 13.5. The highest BCUT2D eigenvalue weighted by molar-refractivity contribution is 5.92. The lowest BCUT2D eigenvalue weighted by Gasteiger charge is -2.36. The minimum Gasteiger partial charge on any atom is -0.339 e. The number of carbonyl (C=O) groups is 2. The van der Waals surface area contributed by atoms with Crippen LogP contribution < -0.4 is 0 Å². The molecule has 1 atom stereocenters. The molecule has 1 heterocycles. The Bertz CT molecular complexity index is 1120. The lowest BCUT2D eigenvalue weighted by Crippen LogP contribution is -2.44. The first-order valence-corrected chi connectivity index (χ1v) is 11.6. The molecule has 4 nitrogen and oxygen atoms in total. The maximum Gasteiger partial charge on any atom is 0.246 e. The Hall–Kier alpha value is -3.73. The Morgan fingerprint density at radius 3 is 2.06 bits per heavy atom. The van der Waals surface area contributed by atoms with Crippen molar-refractivity contribution in [2.45, 2.75) is 18.9 Å². The van der Waals surface area contributed by atoms with Crippen molar-refractivity contribution < 1.29 is 14.0 Å². The highest BCUT2D eigenvalue weighted by Crippen LogP contribution is 2.31. The zero-order valence-corrected chi connectivity index (χ0v) is 19.3. The first kappa shape index (κ1) is 23.4. The van der Waals surface area contributed by atoms with Crippen molar-refractivity contribution in [3.05, 3.63) is 114 Å². The molecule has 34 heavy (non-hydrogen) atoms. The van der Waals surface area contributed by atoms with Gasteiger partial charge in [0, 0.05) is 32.1 Å². The Morgan fingerprint density at radius 2 is 1.44 bits per heavy atom. The highest BCUT2D eigenvalue weighted by atomic mass is 19.1. The van der Waals surface area contributed by atoms with Gasteiger partial charge in [-0.3, -0.25) is 9.59 Å². The smallest absolute Gasteiger partial charge is 0.246 e. The molecular weight excluding hydrogens is 427 g/mol. The number of hydrogen-bond donors (Lipinski definition) is 0. The van der Waals surface area contributed by atoms with Crippen LogP contribution in [0.1, 0.15) is 35.6 Å². The van der Waals surface area contributed by atoms with Gasteiger partial charge in [-0.2, -0.15) is 0 Å². The Morgan fingerprint density at radius 1 is 0.882 bits per heavy atom. The molecule has 5 heteroatoms. The monoisotopic (exact) mass is 456 g/mol. The highest BCUT2D eigenvalue weighted by Gasteiger charge is 2.32. The first-order chi connectivity index (χ1) is 16.5. The number of likely N-dealkylation sites (tertiary alicyclic amines) is 1. The second-order valence-corrected chi connectivity index (χ2v) is 8.66. The van der Waals surface area contributed by atoms with Crippen LogP contribution >= 0.6 is 0 Å². The largest absolute Gasteiger partial charge is 0.339 e. The zero-order valence-electron chi connectivity index (χ0n) is 19.3. The molecule has 1 saturated heterocycles. The molecule has 3 aromatic rings. The number of piperidine rings is 1. The number of hydrogen-bond acceptors (Lipinski definition) is 2. The van der Waals surface area contributed by atoms with E-state index in [1.807, 2.05) is 73.8 Å². The van der Waals surface area contributed by atoms with Gasteiger partial charge in [0.25, 0.3) is 0 Å². The Kier molecular flexibility index (Phi) is 7.53. The third-order valence-electron chi connectivity index (χ3n) is 6.41. The molecule has 0 radical (unpaired) electrons. The lowest BCUT2D eigenvalue weighted by molar-refractivity contribution is -0.139. The van der Waals surface area contributed by atoms with E-state index in [9.17, 15) is 14.0 Å². The van der Waals surface area contributed by atoms with E-state index in [0.29, 0.717) is 25.9 Å². The molecule has 1 aliphatic heterocycles. The molecule has 1 aliphatic rings. The van der Waals surface area contributed by atoms with Crippen molar-refractivity contribution >= 4 is 17.9 Å². The van der Waals surface area contributed by atoms with Gasteiger partial charge in [0.2, 0.25) is 11.8 Å². The second kappa shape index (κ2) is 10.9. The van der Waals surface area contributed by atoms with Gasteiger partial charge >= 0.3 is 0 Å². The van der Waals surface area contributed by atoms with Crippen molar-refractivity contribution in [2.24, 2.45) is 5.92 Å². The van der Waals surface area contributed by atoms with Gasteiger partial charge in [-0.15, -0.1) is 0 Å². The second-order valence-electron chi connectivity index (χ2n) is 8.66. The lowest BCUT2D eigenvalue weighted by atomic mass is 9.92. The minimum absolute atomic E-state index is 0.0309. The van der Waals surface area contributed by atoms with Gasteiger partial charge in [0.15, 0.2) is 0 Å². The summed E-state index contributed by atoms with van der Waals surface area (Å²) >= 11 is 0. The summed E-state index contributed by atoms with van der Waals surface area (Å²) in [5.41, 5.74) is 2.82. The molecular formula is C29H29FN2O2. The summed E-state index contributed by atoms with van der Waals surface area (Å²) in [6, 6.07) is 25.5. The summed E-state index contributed by atoms with van der Waals surface area (Å²) in [5.74, 6) is -0.441. The molecule has 2 amide bonds. The van der Waals surface area contributed by atoms with E-state index in [0.717, 1.165) is 16.7 Å². The van der Waals surface area contributed by atoms with Gasteiger partial charge in [0.05, 0.1) is 6.04 Å². The molecule has 0 aromatic heterocycles. The number of amides is 2. The van der Waals surface area contributed by atoms with Crippen LogP contribution in [0.4, 0.5) is 4.39 Å². The molecule has 0 N–H and O–H groups in total. The first-order valence-electron chi connectivity index (χ1n) is 11.6. The zero-order chi connectivity index (χ0) is 23.9. The Labute approximate surface area is 200 Å². The fourth-order valence-electron chi connectivity index (χ4n) is 4.52. The molecule has 0 bridgehead atoms. The standard InChI is InChI=1S/C29H29FN2O2/c1-31(28(23-10-6-3-7-11-23)24-13-15-26(30)16-14-24)29(34)25-18-20-32(21-19-25)27(33)17-12-22-8-4-2-5-9-22/h2-17,25,28H,18-21H2,1H3/b17-12+. The van der Waals surface area contributed by atoms with Crippen LogP contribution in [0.3, 0.4) is 0 Å². The molecule has 4 rings (SSSR count). The van der Waals surface area contributed by atoms with Crippen LogP contribution in [0.2, 0.25) is 0 Å². The number of rotatable bonds is 6. The maximum atomic E-state index is 13.5. The summed E-state index contributed by atoms with van der Waals surface area (Å²) in [7, 11) is 1.81. The van der Waals surface area contributed by atoms with E-state index in [-0.39, 0.29) is 29.6 Å². The van der Waals surface area contributed by atoms with Crippen LogP contribution in [0, 0.1) is 11.7 Å². The summed E-state index contributed by atoms with van der Waals surface area (Å²) in [5, 5.41) is 0. The van der Waals surface area contributed by atoms with Gasteiger partial charge in [-0.05, 0) is 47.7 Å². The van der Waals surface area contributed by atoms with Crippen LogP contribution in [0.25, 0.3) is 6.08 Å². The average molecular weight is 457 g/mol. The molecule has 1 fully saturated rings. The quantitative estimate of drug-likeness (QED) is 0.471. The van der Waals surface area contributed by atoms with Gasteiger partial charge in [-0.25, -0.2) is 4.39 Å². The minimum atomic E-state index is -0.303. The van der Waals surface area contributed by atoms with Crippen molar-refractivity contribution in [3.8, 4) is 0 Å². The summed E-state index contributed by atoms with van der Waals surface area (Å²) in [4.78, 5) is 29.6. The summed E-state index contributed by atoms with van der Waals surface area (Å²) in [6.07, 6.45) is 4.67. The van der Waals surface area contributed by atoms with Gasteiger partial charge in [-0.1, -0.05) is 72.8 Å². The van der Waals surface area contributed by atoms with Crippen LogP contribution in [-0.2, 0) is 9.59 Å². The van der Waals surface area contributed by atoms with Gasteiger partial charge < -0.3 is 9.80 Å². The van der Waals surface area contributed by atoms with Crippen LogP contribution in [-0.4, -0.2) is 41.8 Å². The number of carbonyl (C=O) groups excluding carboxylic acids is 2. The normalized spacial score (nSPS) is 15.3. The molecule has 0 aliphatic carbocycles. The summed E-state index contributed by atoms with van der Waals surface area (Å²) in [6.45, 7) is 1.10. The van der Waals surface area contributed by atoms with E-state index in [1.165, 1.54) is 12.1 Å². The third kappa shape index (κ3) is 5.60. The van der Waals surface area contributed by atoms with E-state index in [4.69, 9.17) is 0 Å². The predicted molar refractivity (Wildman–Crippen MR) is 132 cm³/mol. The molecule has 1 unspecified atom stereocenters. The number of nitrogens with zero attached hydrogens (tertiary/aromatic N) is 2. The fraction of sp³-hybridized carbons (Fsp3) is 0.241. The fourth-order valence-corrected chi connectivity index (χ4v) is 4.52. The topological polar surface area (TPSA) is 40.6 Å². The van der Waals surface area contributed by atoms with Crippen LogP contribution in [0.15, 0.2) is 91.0 Å². The predicted octanol–water partition coefficient (Wildman–Crippen LogP) is 5.33. The third-order valence-corrected chi connectivity index (χ3v) is 6.41. The molecule has 3 aromatic carbocycles. The van der Waals surface area contributed by atoms with Crippen molar-refractivity contribution in [1.29, 1.82) is 0 Å². The number of benzene rings is 3.